The fourth-order valence-electron chi connectivity index (χ4n) is 3.21. The van der Waals surface area contributed by atoms with Gasteiger partial charge in [-0.3, -0.25) is 11.3 Å². The molecule has 3 atom stereocenters. The average Bonchev–Trinajstić information content (AvgIpc) is 2.50. The highest BCUT2D eigenvalue weighted by Gasteiger charge is 2.27. The lowest BCUT2D eigenvalue weighted by molar-refractivity contribution is 0.219. The second-order valence-electron chi connectivity index (χ2n) is 6.10. The Morgan fingerprint density at radius 3 is 2.70 bits per heavy atom. The van der Waals surface area contributed by atoms with Gasteiger partial charge in [-0.1, -0.05) is 43.9 Å². The number of hydrogen-bond donors (Lipinski definition) is 2. The van der Waals surface area contributed by atoms with Gasteiger partial charge >= 0.3 is 0 Å². The van der Waals surface area contributed by atoms with Crippen LogP contribution < -0.4 is 11.3 Å². The van der Waals surface area contributed by atoms with E-state index in [1.807, 2.05) is 11.8 Å². The Kier molecular flexibility index (Phi) is 6.40. The van der Waals surface area contributed by atoms with E-state index >= 15 is 0 Å². The summed E-state index contributed by atoms with van der Waals surface area (Å²) in [6, 6.07) is 9.23. The van der Waals surface area contributed by atoms with Gasteiger partial charge in [-0.15, -0.1) is 11.8 Å². The Morgan fingerprint density at radius 1 is 1.30 bits per heavy atom. The van der Waals surface area contributed by atoms with Gasteiger partial charge in [-0.2, -0.15) is 0 Å². The highest BCUT2D eigenvalue weighted by molar-refractivity contribution is 7.99. The molecule has 0 amide bonds. The van der Waals surface area contributed by atoms with Crippen LogP contribution in [0.5, 0.6) is 0 Å². The lowest BCUT2D eigenvalue weighted by Gasteiger charge is -2.33. The van der Waals surface area contributed by atoms with Crippen molar-refractivity contribution >= 4 is 11.8 Å². The molecule has 1 aliphatic rings. The maximum atomic E-state index is 5.82. The second-order valence-corrected chi connectivity index (χ2v) is 7.19. The third kappa shape index (κ3) is 4.51. The van der Waals surface area contributed by atoms with Crippen molar-refractivity contribution in [2.75, 3.05) is 5.75 Å². The molecule has 2 rings (SSSR count). The maximum Gasteiger partial charge on any atom is 0.0332 e. The Labute approximate surface area is 127 Å². The molecule has 0 bridgehead atoms. The molecule has 1 saturated carbocycles. The van der Waals surface area contributed by atoms with Gasteiger partial charge in [0.25, 0.3) is 0 Å². The summed E-state index contributed by atoms with van der Waals surface area (Å²) in [7, 11) is 0. The lowest BCUT2D eigenvalue weighted by atomic mass is 9.77. The zero-order valence-corrected chi connectivity index (χ0v) is 13.6. The maximum absolute atomic E-state index is 5.82. The minimum atomic E-state index is 0.440. The standard InChI is InChI=1S/C17H28N2S/c1-3-14-5-4-6-15(11-14)17(19-18)12-20-16-9-7-13(2)8-10-16/h7-10,14-15,17,19H,3-6,11-12,18H2,1-2H3. The van der Waals surface area contributed by atoms with E-state index in [0.29, 0.717) is 6.04 Å². The monoisotopic (exact) mass is 292 g/mol. The summed E-state index contributed by atoms with van der Waals surface area (Å²) in [5.41, 5.74) is 4.40. The van der Waals surface area contributed by atoms with Crippen molar-refractivity contribution in [3.8, 4) is 0 Å². The first kappa shape index (κ1) is 15.9. The van der Waals surface area contributed by atoms with E-state index in [1.165, 1.54) is 42.6 Å². The van der Waals surface area contributed by atoms with E-state index in [2.05, 4.69) is 43.5 Å². The van der Waals surface area contributed by atoms with Crippen LogP contribution in [0.4, 0.5) is 0 Å². The van der Waals surface area contributed by atoms with Gasteiger partial charge in [0, 0.05) is 16.7 Å². The number of nitrogens with one attached hydrogen (secondary N) is 1. The first-order chi connectivity index (χ1) is 9.72. The molecule has 0 spiro atoms. The normalized spacial score (nSPS) is 24.6. The molecule has 3 unspecified atom stereocenters. The third-order valence-electron chi connectivity index (χ3n) is 4.63. The van der Waals surface area contributed by atoms with E-state index in [-0.39, 0.29) is 0 Å². The van der Waals surface area contributed by atoms with Crippen LogP contribution in [0, 0.1) is 18.8 Å². The molecule has 3 N–H and O–H groups in total. The molecule has 3 heteroatoms. The fourth-order valence-corrected chi connectivity index (χ4v) is 4.28. The molecule has 112 valence electrons. The lowest BCUT2D eigenvalue weighted by Crippen LogP contribution is -2.44. The van der Waals surface area contributed by atoms with E-state index in [4.69, 9.17) is 5.84 Å². The van der Waals surface area contributed by atoms with Crippen molar-refractivity contribution in [3.05, 3.63) is 29.8 Å². The Bertz CT molecular complexity index is 390. The first-order valence-electron chi connectivity index (χ1n) is 7.88. The Morgan fingerprint density at radius 2 is 2.05 bits per heavy atom. The summed E-state index contributed by atoms with van der Waals surface area (Å²) in [5, 5.41) is 0. The first-order valence-corrected chi connectivity index (χ1v) is 8.87. The molecule has 20 heavy (non-hydrogen) atoms. The number of hydrogen-bond acceptors (Lipinski definition) is 3. The number of aryl methyl sites for hydroxylation is 1. The van der Waals surface area contributed by atoms with Crippen LogP contribution in [0.25, 0.3) is 0 Å². The van der Waals surface area contributed by atoms with Gasteiger partial charge in [0.2, 0.25) is 0 Å². The highest BCUT2D eigenvalue weighted by atomic mass is 32.2. The van der Waals surface area contributed by atoms with Crippen LogP contribution in [0.1, 0.15) is 44.6 Å². The number of nitrogens with two attached hydrogens (primary N) is 1. The predicted octanol–water partition coefficient (Wildman–Crippen LogP) is 4.14. The van der Waals surface area contributed by atoms with Crippen LogP contribution in [0.15, 0.2) is 29.2 Å². The van der Waals surface area contributed by atoms with Crippen molar-refractivity contribution in [1.82, 2.24) is 5.43 Å². The van der Waals surface area contributed by atoms with E-state index in [0.717, 1.165) is 17.6 Å². The molecular formula is C17H28N2S. The number of hydrazine groups is 1. The molecule has 1 aromatic rings. The zero-order chi connectivity index (χ0) is 14.4. The van der Waals surface area contributed by atoms with Crippen molar-refractivity contribution < 1.29 is 0 Å². The third-order valence-corrected chi connectivity index (χ3v) is 5.77. The quantitative estimate of drug-likeness (QED) is 0.470. The van der Waals surface area contributed by atoms with Crippen molar-refractivity contribution in [2.24, 2.45) is 17.7 Å². The average molecular weight is 292 g/mol. The number of thioether (sulfide) groups is 1. The zero-order valence-electron chi connectivity index (χ0n) is 12.8. The summed E-state index contributed by atoms with van der Waals surface area (Å²) in [5.74, 6) is 8.54. The van der Waals surface area contributed by atoms with E-state index < -0.39 is 0 Å². The topological polar surface area (TPSA) is 38.0 Å². The van der Waals surface area contributed by atoms with Gasteiger partial charge in [-0.25, -0.2) is 0 Å². The van der Waals surface area contributed by atoms with Crippen LogP contribution in [0.2, 0.25) is 0 Å². The molecule has 1 aromatic carbocycles. The largest absolute Gasteiger partial charge is 0.271 e. The number of rotatable bonds is 6. The van der Waals surface area contributed by atoms with Gasteiger partial charge in [0.15, 0.2) is 0 Å². The summed E-state index contributed by atoms with van der Waals surface area (Å²) in [6.45, 7) is 4.45. The second kappa shape index (κ2) is 8.06. The minimum absolute atomic E-state index is 0.440. The molecular weight excluding hydrogens is 264 g/mol. The van der Waals surface area contributed by atoms with Crippen LogP contribution in [-0.2, 0) is 0 Å². The van der Waals surface area contributed by atoms with Crippen LogP contribution in [-0.4, -0.2) is 11.8 Å². The molecule has 0 heterocycles. The summed E-state index contributed by atoms with van der Waals surface area (Å²) >= 11 is 1.92. The van der Waals surface area contributed by atoms with Crippen molar-refractivity contribution in [3.63, 3.8) is 0 Å². The predicted molar refractivity (Wildman–Crippen MR) is 88.8 cm³/mol. The molecule has 2 nitrogen and oxygen atoms in total. The van der Waals surface area contributed by atoms with Crippen molar-refractivity contribution in [2.45, 2.75) is 56.9 Å². The SMILES string of the molecule is CCC1CCCC(C(CSc2ccc(C)cc2)NN)C1. The molecule has 0 radical (unpaired) electrons. The smallest absolute Gasteiger partial charge is 0.0332 e. The van der Waals surface area contributed by atoms with Gasteiger partial charge in [0.05, 0.1) is 0 Å². The van der Waals surface area contributed by atoms with Crippen LogP contribution >= 0.6 is 11.8 Å². The Balaban J connectivity index is 1.86. The summed E-state index contributed by atoms with van der Waals surface area (Å²) in [4.78, 5) is 1.35. The van der Waals surface area contributed by atoms with E-state index in [1.54, 1.807) is 0 Å². The van der Waals surface area contributed by atoms with Gasteiger partial charge in [0.1, 0.15) is 0 Å². The number of benzene rings is 1. The molecule has 1 aliphatic carbocycles. The fraction of sp³-hybridized carbons (Fsp3) is 0.647. The van der Waals surface area contributed by atoms with Gasteiger partial charge < -0.3 is 0 Å². The summed E-state index contributed by atoms with van der Waals surface area (Å²) < 4.78 is 0. The highest BCUT2D eigenvalue weighted by Crippen LogP contribution is 2.34. The van der Waals surface area contributed by atoms with Crippen molar-refractivity contribution in [1.29, 1.82) is 0 Å². The minimum Gasteiger partial charge on any atom is -0.271 e. The molecule has 1 fully saturated rings. The van der Waals surface area contributed by atoms with Gasteiger partial charge in [-0.05, 0) is 43.7 Å². The molecule has 0 aliphatic heterocycles. The molecule has 0 saturated heterocycles. The Hall–Kier alpha value is -0.510. The molecule has 0 aromatic heterocycles. The van der Waals surface area contributed by atoms with E-state index in [9.17, 15) is 0 Å². The van der Waals surface area contributed by atoms with Crippen LogP contribution in [0.3, 0.4) is 0 Å². The summed E-state index contributed by atoms with van der Waals surface area (Å²) in [6.07, 6.45) is 6.78.